The Balaban J connectivity index is 1.67. The Kier molecular flexibility index (Phi) is 3.90. The highest BCUT2D eigenvalue weighted by Crippen LogP contribution is 2.50. The Morgan fingerprint density at radius 2 is 1.95 bits per heavy atom. The summed E-state index contributed by atoms with van der Waals surface area (Å²) in [5, 5.41) is 10.3. The number of rotatable bonds is 4. The molecule has 1 nitrogen and oxygen atoms in total. The van der Waals surface area contributed by atoms with Crippen molar-refractivity contribution < 1.29 is 9.50 Å². The fourth-order valence-corrected chi connectivity index (χ4v) is 3.21. The van der Waals surface area contributed by atoms with E-state index in [4.69, 9.17) is 0 Å². The molecule has 1 aliphatic carbocycles. The van der Waals surface area contributed by atoms with Gasteiger partial charge in [0.25, 0.3) is 0 Å². The first kappa shape index (κ1) is 13.8. The molecule has 3 atom stereocenters. The van der Waals surface area contributed by atoms with Crippen LogP contribution in [0, 0.1) is 11.7 Å². The van der Waals surface area contributed by atoms with Gasteiger partial charge in [0.05, 0.1) is 6.10 Å². The molecule has 0 spiro atoms. The van der Waals surface area contributed by atoms with Crippen LogP contribution in [0.5, 0.6) is 0 Å². The second kappa shape index (κ2) is 5.66. The Labute approximate surface area is 126 Å². The lowest BCUT2D eigenvalue weighted by Gasteiger charge is -2.12. The minimum atomic E-state index is -0.418. The molecule has 1 saturated carbocycles. The third-order valence-electron chi connectivity index (χ3n) is 4.00. The lowest BCUT2D eigenvalue weighted by Crippen LogP contribution is -2.14. The van der Waals surface area contributed by atoms with E-state index in [0.29, 0.717) is 12.3 Å². The summed E-state index contributed by atoms with van der Waals surface area (Å²) in [6.45, 7) is 0. The zero-order valence-corrected chi connectivity index (χ0v) is 12.6. The minimum Gasteiger partial charge on any atom is -0.392 e. The summed E-state index contributed by atoms with van der Waals surface area (Å²) >= 11 is 3.41. The quantitative estimate of drug-likeness (QED) is 0.883. The fraction of sp³-hybridized carbons (Fsp3) is 0.294. The van der Waals surface area contributed by atoms with Crippen LogP contribution < -0.4 is 0 Å². The van der Waals surface area contributed by atoms with Crippen molar-refractivity contribution in [3.05, 3.63) is 69.9 Å². The van der Waals surface area contributed by atoms with E-state index in [1.165, 1.54) is 17.7 Å². The zero-order chi connectivity index (χ0) is 14.1. The Morgan fingerprint density at radius 1 is 1.20 bits per heavy atom. The van der Waals surface area contributed by atoms with Crippen LogP contribution in [0.4, 0.5) is 4.39 Å². The highest BCUT2D eigenvalue weighted by atomic mass is 79.9. The summed E-state index contributed by atoms with van der Waals surface area (Å²) in [5.41, 5.74) is 2.12. The number of hydrogen-bond acceptors (Lipinski definition) is 1. The molecule has 1 fully saturated rings. The predicted octanol–water partition coefficient (Wildman–Crippen LogP) is 4.30. The topological polar surface area (TPSA) is 20.2 Å². The van der Waals surface area contributed by atoms with E-state index in [2.05, 4.69) is 28.1 Å². The molecule has 0 bridgehead atoms. The van der Waals surface area contributed by atoms with Crippen LogP contribution in [0.25, 0.3) is 0 Å². The minimum absolute atomic E-state index is 0.259. The first-order valence-electron chi connectivity index (χ1n) is 6.82. The van der Waals surface area contributed by atoms with Crippen LogP contribution in [0.2, 0.25) is 0 Å². The van der Waals surface area contributed by atoms with E-state index >= 15 is 0 Å². The normalized spacial score (nSPS) is 22.6. The van der Waals surface area contributed by atoms with Crippen LogP contribution in [0.15, 0.2) is 53.0 Å². The molecule has 2 aromatic rings. The van der Waals surface area contributed by atoms with Gasteiger partial charge in [-0.05, 0) is 54.0 Å². The maximum Gasteiger partial charge on any atom is 0.123 e. The van der Waals surface area contributed by atoms with Gasteiger partial charge in [0.15, 0.2) is 0 Å². The highest BCUT2D eigenvalue weighted by molar-refractivity contribution is 9.10. The number of benzene rings is 2. The van der Waals surface area contributed by atoms with E-state index < -0.39 is 6.10 Å². The summed E-state index contributed by atoms with van der Waals surface area (Å²) in [6.07, 6.45) is 1.09. The maximum atomic E-state index is 13.3. The first-order valence-corrected chi connectivity index (χ1v) is 7.61. The van der Waals surface area contributed by atoms with E-state index in [1.807, 2.05) is 18.2 Å². The van der Waals surface area contributed by atoms with Crippen molar-refractivity contribution in [3.8, 4) is 0 Å². The van der Waals surface area contributed by atoms with Crippen molar-refractivity contribution in [2.24, 2.45) is 5.92 Å². The lowest BCUT2D eigenvalue weighted by molar-refractivity contribution is 0.149. The van der Waals surface area contributed by atoms with E-state index in [0.717, 1.165) is 16.5 Å². The molecule has 0 saturated heterocycles. The molecule has 1 N–H and O–H groups in total. The highest BCUT2D eigenvalue weighted by Gasteiger charge is 2.43. The molecular weight excluding hydrogens is 319 g/mol. The largest absolute Gasteiger partial charge is 0.392 e. The van der Waals surface area contributed by atoms with Gasteiger partial charge in [0.2, 0.25) is 0 Å². The second-order valence-electron chi connectivity index (χ2n) is 5.42. The molecule has 1 aliphatic rings. The van der Waals surface area contributed by atoms with E-state index in [9.17, 15) is 9.50 Å². The summed E-state index contributed by atoms with van der Waals surface area (Å²) in [5.74, 6) is 0.469. The van der Waals surface area contributed by atoms with Crippen molar-refractivity contribution in [1.82, 2.24) is 0 Å². The van der Waals surface area contributed by atoms with Crippen LogP contribution in [0.1, 0.15) is 23.5 Å². The fourth-order valence-electron chi connectivity index (χ4n) is 2.80. The third-order valence-corrected chi connectivity index (χ3v) is 4.77. The average molecular weight is 335 g/mol. The van der Waals surface area contributed by atoms with Gasteiger partial charge in [-0.1, -0.05) is 46.3 Å². The maximum absolute atomic E-state index is 13.3. The molecule has 0 radical (unpaired) electrons. The van der Waals surface area contributed by atoms with Gasteiger partial charge < -0.3 is 5.11 Å². The second-order valence-corrected chi connectivity index (χ2v) is 6.28. The van der Waals surface area contributed by atoms with Gasteiger partial charge in [-0.2, -0.15) is 0 Å². The predicted molar refractivity (Wildman–Crippen MR) is 81.1 cm³/mol. The molecule has 0 heterocycles. The number of aliphatic hydroxyl groups excluding tert-OH is 1. The van der Waals surface area contributed by atoms with Crippen LogP contribution >= 0.6 is 15.9 Å². The monoisotopic (exact) mass is 334 g/mol. The van der Waals surface area contributed by atoms with Gasteiger partial charge in [-0.15, -0.1) is 0 Å². The molecule has 2 aromatic carbocycles. The van der Waals surface area contributed by atoms with Crippen molar-refractivity contribution in [1.29, 1.82) is 0 Å². The van der Waals surface area contributed by atoms with Crippen LogP contribution in [-0.4, -0.2) is 11.2 Å². The SMILES string of the molecule is OC(Cc1cc(F)ccc1Br)C1CC1c1ccccc1. The number of hydrogen-bond donors (Lipinski definition) is 1. The summed E-state index contributed by atoms with van der Waals surface area (Å²) in [4.78, 5) is 0. The summed E-state index contributed by atoms with van der Waals surface area (Å²) in [7, 11) is 0. The third kappa shape index (κ3) is 2.94. The summed E-state index contributed by atoms with van der Waals surface area (Å²) in [6, 6.07) is 14.9. The smallest absolute Gasteiger partial charge is 0.123 e. The van der Waals surface area contributed by atoms with Gasteiger partial charge in [-0.25, -0.2) is 4.39 Å². The van der Waals surface area contributed by atoms with Gasteiger partial charge >= 0.3 is 0 Å². The summed E-state index contributed by atoms with van der Waals surface area (Å²) < 4.78 is 14.1. The van der Waals surface area contributed by atoms with Gasteiger partial charge in [0, 0.05) is 4.47 Å². The molecule has 20 heavy (non-hydrogen) atoms. The van der Waals surface area contributed by atoms with Crippen molar-refractivity contribution in [2.75, 3.05) is 0 Å². The molecule has 0 amide bonds. The average Bonchev–Trinajstić information content (AvgIpc) is 3.24. The molecule has 0 aromatic heterocycles. The van der Waals surface area contributed by atoms with Gasteiger partial charge in [0.1, 0.15) is 5.82 Å². The lowest BCUT2D eigenvalue weighted by atomic mass is 10.0. The molecule has 104 valence electrons. The Morgan fingerprint density at radius 3 is 2.70 bits per heavy atom. The van der Waals surface area contributed by atoms with Crippen molar-refractivity contribution >= 4 is 15.9 Å². The van der Waals surface area contributed by atoms with Crippen molar-refractivity contribution in [2.45, 2.75) is 24.9 Å². The van der Waals surface area contributed by atoms with Crippen LogP contribution in [0.3, 0.4) is 0 Å². The first-order chi connectivity index (χ1) is 9.65. The van der Waals surface area contributed by atoms with E-state index in [1.54, 1.807) is 6.07 Å². The molecule has 3 rings (SSSR count). The molecule has 0 aliphatic heterocycles. The molecule has 3 unspecified atom stereocenters. The molecular formula is C17H16BrFO. The Bertz CT molecular complexity index is 599. The van der Waals surface area contributed by atoms with Crippen molar-refractivity contribution in [3.63, 3.8) is 0 Å². The van der Waals surface area contributed by atoms with E-state index in [-0.39, 0.29) is 11.7 Å². The standard InChI is InChI=1S/C17H16BrFO/c18-16-7-6-13(19)8-12(16)9-17(20)15-10-14(15)11-4-2-1-3-5-11/h1-8,14-15,17,20H,9-10H2. The zero-order valence-electron chi connectivity index (χ0n) is 11.0. The van der Waals surface area contributed by atoms with Crippen LogP contribution in [-0.2, 0) is 6.42 Å². The van der Waals surface area contributed by atoms with Gasteiger partial charge in [-0.3, -0.25) is 0 Å². The molecule has 3 heteroatoms. The number of aliphatic hydroxyl groups is 1. The Hall–Kier alpha value is -1.19. The number of halogens is 2.